The first kappa shape index (κ1) is 11.3. The Hall–Kier alpha value is -1.16. The zero-order chi connectivity index (χ0) is 11.5. The molecule has 0 radical (unpaired) electrons. The third-order valence-corrected chi connectivity index (χ3v) is 3.53. The largest absolute Gasteiger partial charge is 0.350 e. The van der Waals surface area contributed by atoms with Crippen LogP contribution in [0, 0.1) is 12.8 Å². The molecule has 1 aliphatic rings. The van der Waals surface area contributed by atoms with Gasteiger partial charge in [-0.2, -0.15) is 0 Å². The van der Waals surface area contributed by atoms with E-state index in [1.54, 1.807) is 23.5 Å². The lowest BCUT2D eigenvalue weighted by atomic mass is 10.2. The Balaban J connectivity index is 1.84. The van der Waals surface area contributed by atoms with E-state index in [4.69, 9.17) is 0 Å². The maximum absolute atomic E-state index is 11.5. The number of amides is 1. The average molecular weight is 236 g/mol. The molecule has 0 spiro atoms. The first-order valence-corrected chi connectivity index (χ1v) is 6.44. The van der Waals surface area contributed by atoms with Crippen molar-refractivity contribution in [1.29, 1.82) is 0 Å². The quantitative estimate of drug-likeness (QED) is 0.816. The number of hydrogen-bond donors (Lipinski definition) is 1. The molecule has 1 saturated carbocycles. The van der Waals surface area contributed by atoms with Gasteiger partial charge in [0.1, 0.15) is 0 Å². The van der Waals surface area contributed by atoms with E-state index in [0.717, 1.165) is 10.7 Å². The average Bonchev–Trinajstić information content (AvgIpc) is 3.00. The van der Waals surface area contributed by atoms with Gasteiger partial charge in [0.2, 0.25) is 5.91 Å². The fourth-order valence-corrected chi connectivity index (χ4v) is 2.19. The Bertz CT molecular complexity index is 407. The van der Waals surface area contributed by atoms with Gasteiger partial charge >= 0.3 is 0 Å². The summed E-state index contributed by atoms with van der Waals surface area (Å²) in [5, 5.41) is 5.94. The predicted octanol–water partition coefficient (Wildman–Crippen LogP) is 2.38. The van der Waals surface area contributed by atoms with Crippen LogP contribution < -0.4 is 5.32 Å². The lowest BCUT2D eigenvalue weighted by molar-refractivity contribution is -0.117. The third-order valence-electron chi connectivity index (χ3n) is 2.74. The van der Waals surface area contributed by atoms with Crippen molar-refractivity contribution in [3.63, 3.8) is 0 Å². The number of rotatable bonds is 4. The fourth-order valence-electron chi connectivity index (χ4n) is 1.60. The summed E-state index contributed by atoms with van der Waals surface area (Å²) in [6, 6.07) is 0.300. The summed E-state index contributed by atoms with van der Waals surface area (Å²) in [4.78, 5) is 15.8. The number of aromatic nitrogens is 1. The molecule has 1 N–H and O–H groups in total. The lowest BCUT2D eigenvalue weighted by Crippen LogP contribution is -2.32. The van der Waals surface area contributed by atoms with Crippen molar-refractivity contribution in [3.8, 4) is 0 Å². The van der Waals surface area contributed by atoms with Crippen LogP contribution in [0.15, 0.2) is 11.5 Å². The summed E-state index contributed by atoms with van der Waals surface area (Å²) in [6.07, 6.45) is 5.82. The minimum absolute atomic E-state index is 0.0231. The molecule has 0 unspecified atom stereocenters. The second-order valence-corrected chi connectivity index (χ2v) is 5.32. The van der Waals surface area contributed by atoms with Crippen molar-refractivity contribution < 1.29 is 4.79 Å². The monoisotopic (exact) mass is 236 g/mol. The van der Waals surface area contributed by atoms with Gasteiger partial charge < -0.3 is 5.32 Å². The number of carbonyl (C=O) groups excluding carboxylic acids is 1. The van der Waals surface area contributed by atoms with Crippen LogP contribution in [0.5, 0.6) is 0 Å². The summed E-state index contributed by atoms with van der Waals surface area (Å²) in [5.41, 5.74) is 0.858. The Morgan fingerprint density at radius 3 is 3.00 bits per heavy atom. The molecule has 0 saturated heterocycles. The number of aryl methyl sites for hydroxylation is 1. The van der Waals surface area contributed by atoms with Gasteiger partial charge in [-0.15, -0.1) is 11.3 Å². The normalized spacial score (nSPS) is 17.6. The summed E-state index contributed by atoms with van der Waals surface area (Å²) in [5.74, 6) is 0.670. The van der Waals surface area contributed by atoms with Crippen molar-refractivity contribution in [2.24, 2.45) is 5.92 Å². The summed E-state index contributed by atoms with van der Waals surface area (Å²) < 4.78 is 0. The zero-order valence-electron chi connectivity index (χ0n) is 9.56. The minimum Gasteiger partial charge on any atom is -0.350 e. The van der Waals surface area contributed by atoms with E-state index in [2.05, 4.69) is 17.2 Å². The second kappa shape index (κ2) is 4.78. The zero-order valence-corrected chi connectivity index (χ0v) is 10.4. The summed E-state index contributed by atoms with van der Waals surface area (Å²) in [7, 11) is 0. The fraction of sp³-hybridized carbons (Fsp3) is 0.500. The molecule has 1 aromatic heterocycles. The SMILES string of the molecule is Cc1nc(/C=C/C(=O)N[C@H](C)C2CC2)cs1. The van der Waals surface area contributed by atoms with Crippen LogP contribution in [0.2, 0.25) is 0 Å². The van der Waals surface area contributed by atoms with E-state index >= 15 is 0 Å². The molecule has 86 valence electrons. The molecule has 16 heavy (non-hydrogen) atoms. The molecule has 0 aromatic carbocycles. The van der Waals surface area contributed by atoms with Crippen molar-refractivity contribution in [2.75, 3.05) is 0 Å². The molecule has 0 aliphatic heterocycles. The van der Waals surface area contributed by atoms with Crippen LogP contribution in [0.25, 0.3) is 6.08 Å². The Labute approximate surface area is 99.6 Å². The molecule has 1 heterocycles. The Kier molecular flexibility index (Phi) is 3.39. The van der Waals surface area contributed by atoms with Crippen LogP contribution in [0.3, 0.4) is 0 Å². The molecular formula is C12H16N2OS. The Morgan fingerprint density at radius 2 is 2.44 bits per heavy atom. The molecule has 1 aromatic rings. The number of hydrogen-bond acceptors (Lipinski definition) is 3. The number of carbonyl (C=O) groups is 1. The Morgan fingerprint density at radius 1 is 1.69 bits per heavy atom. The van der Waals surface area contributed by atoms with Crippen molar-refractivity contribution >= 4 is 23.3 Å². The van der Waals surface area contributed by atoms with E-state index in [-0.39, 0.29) is 5.91 Å². The van der Waals surface area contributed by atoms with Crippen LogP contribution in [-0.4, -0.2) is 16.9 Å². The van der Waals surface area contributed by atoms with E-state index < -0.39 is 0 Å². The van der Waals surface area contributed by atoms with Crippen LogP contribution in [0.1, 0.15) is 30.5 Å². The van der Waals surface area contributed by atoms with Gasteiger partial charge in [0.15, 0.2) is 0 Å². The topological polar surface area (TPSA) is 42.0 Å². The highest BCUT2D eigenvalue weighted by Gasteiger charge is 2.28. The van der Waals surface area contributed by atoms with Gasteiger partial charge in [-0.25, -0.2) is 4.98 Å². The van der Waals surface area contributed by atoms with E-state index in [0.29, 0.717) is 12.0 Å². The van der Waals surface area contributed by atoms with Crippen molar-refractivity contribution in [3.05, 3.63) is 22.2 Å². The molecule has 1 amide bonds. The van der Waals surface area contributed by atoms with Crippen molar-refractivity contribution in [2.45, 2.75) is 32.7 Å². The van der Waals surface area contributed by atoms with E-state index in [1.165, 1.54) is 12.8 Å². The van der Waals surface area contributed by atoms with Gasteiger partial charge in [0.25, 0.3) is 0 Å². The van der Waals surface area contributed by atoms with Crippen LogP contribution >= 0.6 is 11.3 Å². The first-order valence-electron chi connectivity index (χ1n) is 5.56. The van der Waals surface area contributed by atoms with E-state index in [9.17, 15) is 4.79 Å². The highest BCUT2D eigenvalue weighted by Crippen LogP contribution is 2.32. The smallest absolute Gasteiger partial charge is 0.244 e. The van der Waals surface area contributed by atoms with Crippen LogP contribution in [0.4, 0.5) is 0 Å². The molecular weight excluding hydrogens is 220 g/mol. The maximum atomic E-state index is 11.5. The molecule has 2 rings (SSSR count). The molecule has 1 fully saturated rings. The van der Waals surface area contributed by atoms with Crippen molar-refractivity contribution in [1.82, 2.24) is 10.3 Å². The first-order chi connectivity index (χ1) is 7.65. The van der Waals surface area contributed by atoms with Gasteiger partial charge in [-0.1, -0.05) is 0 Å². The molecule has 1 aliphatic carbocycles. The molecule has 4 heteroatoms. The number of nitrogens with zero attached hydrogens (tertiary/aromatic N) is 1. The highest BCUT2D eigenvalue weighted by atomic mass is 32.1. The minimum atomic E-state index is -0.0231. The number of thiazole rings is 1. The maximum Gasteiger partial charge on any atom is 0.244 e. The molecule has 3 nitrogen and oxygen atoms in total. The van der Waals surface area contributed by atoms with Gasteiger partial charge in [0, 0.05) is 17.5 Å². The van der Waals surface area contributed by atoms with E-state index in [1.807, 2.05) is 12.3 Å². The summed E-state index contributed by atoms with van der Waals surface area (Å²) in [6.45, 7) is 4.02. The lowest BCUT2D eigenvalue weighted by Gasteiger charge is -2.09. The third kappa shape index (κ3) is 3.17. The summed E-state index contributed by atoms with van der Waals surface area (Å²) >= 11 is 1.59. The molecule has 0 bridgehead atoms. The van der Waals surface area contributed by atoms with Gasteiger partial charge in [0.05, 0.1) is 10.7 Å². The standard InChI is InChI=1S/C12H16N2OS/c1-8(10-3-4-10)13-12(15)6-5-11-7-16-9(2)14-11/h5-8,10H,3-4H2,1-2H3,(H,13,15)/b6-5+/t8-/m1/s1. The van der Waals surface area contributed by atoms with Gasteiger partial charge in [-0.3, -0.25) is 4.79 Å². The molecule has 1 atom stereocenters. The predicted molar refractivity (Wildman–Crippen MR) is 66.2 cm³/mol. The second-order valence-electron chi connectivity index (χ2n) is 4.26. The highest BCUT2D eigenvalue weighted by molar-refractivity contribution is 7.09. The van der Waals surface area contributed by atoms with Gasteiger partial charge in [-0.05, 0) is 38.7 Å². The van der Waals surface area contributed by atoms with Crippen LogP contribution in [-0.2, 0) is 4.79 Å². The number of nitrogens with one attached hydrogen (secondary N) is 1.